The van der Waals surface area contributed by atoms with Crippen molar-refractivity contribution >= 4 is 10.0 Å². The van der Waals surface area contributed by atoms with Gasteiger partial charge in [0.05, 0.1) is 5.75 Å². The van der Waals surface area contributed by atoms with Crippen LogP contribution in [0.2, 0.25) is 0 Å². The first-order valence-corrected chi connectivity index (χ1v) is 7.03. The first-order chi connectivity index (χ1) is 7.03. The van der Waals surface area contributed by atoms with Crippen LogP contribution in [0.1, 0.15) is 33.1 Å². The van der Waals surface area contributed by atoms with Gasteiger partial charge in [0.1, 0.15) is 0 Å². The van der Waals surface area contributed by atoms with Crippen molar-refractivity contribution in [3.05, 3.63) is 23.8 Å². The molecule has 0 saturated carbocycles. The quantitative estimate of drug-likeness (QED) is 0.783. The Morgan fingerprint density at radius 1 is 1.53 bits per heavy atom. The Bertz CT molecular complexity index is 355. The maximum Gasteiger partial charge on any atom is 0.212 e. The smallest absolute Gasteiger partial charge is 0.212 e. The molecule has 0 aromatic rings. The number of unbranched alkanes of at least 4 members (excludes halogenated alkanes) is 1. The third kappa shape index (κ3) is 4.62. The standard InChI is InChI=1S/C11H19NO2S/c1-3-4-9-15(13,14)12-11-7-5-10(2)6-8-11/h5-7,11-12H,3-4,8-9H2,1-2H3. The lowest BCUT2D eigenvalue weighted by Crippen LogP contribution is -2.35. The second kappa shape index (κ2) is 5.47. The minimum atomic E-state index is -3.09. The predicted molar refractivity (Wildman–Crippen MR) is 63.1 cm³/mol. The van der Waals surface area contributed by atoms with Crippen LogP contribution in [0.3, 0.4) is 0 Å². The second-order valence-electron chi connectivity index (χ2n) is 3.94. The van der Waals surface area contributed by atoms with Gasteiger partial charge in [0.15, 0.2) is 0 Å². The van der Waals surface area contributed by atoms with E-state index in [0.29, 0.717) is 0 Å². The van der Waals surface area contributed by atoms with Gasteiger partial charge in [-0.1, -0.05) is 37.1 Å². The van der Waals surface area contributed by atoms with E-state index in [0.717, 1.165) is 19.3 Å². The topological polar surface area (TPSA) is 46.2 Å². The SMILES string of the molecule is CCCCS(=O)(=O)NC1C=CC(C)=CC1. The van der Waals surface area contributed by atoms with E-state index in [4.69, 9.17) is 0 Å². The molecule has 0 aromatic carbocycles. The summed E-state index contributed by atoms with van der Waals surface area (Å²) in [4.78, 5) is 0. The van der Waals surface area contributed by atoms with Crippen molar-refractivity contribution in [2.75, 3.05) is 5.75 Å². The predicted octanol–water partition coefficient (Wildman–Crippen LogP) is 1.98. The van der Waals surface area contributed by atoms with Crippen LogP contribution in [0.4, 0.5) is 0 Å². The molecule has 4 heteroatoms. The molecular weight excluding hydrogens is 210 g/mol. The summed E-state index contributed by atoms with van der Waals surface area (Å²) in [7, 11) is -3.09. The molecule has 0 amide bonds. The van der Waals surface area contributed by atoms with Crippen molar-refractivity contribution in [1.29, 1.82) is 0 Å². The third-order valence-electron chi connectivity index (χ3n) is 2.38. The van der Waals surface area contributed by atoms with E-state index >= 15 is 0 Å². The highest BCUT2D eigenvalue weighted by Crippen LogP contribution is 2.10. The van der Waals surface area contributed by atoms with Gasteiger partial charge in [-0.05, 0) is 19.8 Å². The summed E-state index contributed by atoms with van der Waals surface area (Å²) in [6.45, 7) is 4.00. The zero-order chi connectivity index (χ0) is 11.3. The molecule has 0 spiro atoms. The average molecular weight is 229 g/mol. The third-order valence-corrected chi connectivity index (χ3v) is 3.87. The number of nitrogens with one attached hydrogen (secondary N) is 1. The monoisotopic (exact) mass is 229 g/mol. The number of sulfonamides is 1. The van der Waals surface area contributed by atoms with Crippen LogP contribution >= 0.6 is 0 Å². The molecule has 1 aliphatic carbocycles. The number of rotatable bonds is 5. The molecule has 0 aromatic heterocycles. The highest BCUT2D eigenvalue weighted by molar-refractivity contribution is 7.89. The van der Waals surface area contributed by atoms with Crippen LogP contribution in [-0.2, 0) is 10.0 Å². The van der Waals surface area contributed by atoms with Crippen LogP contribution in [0, 0.1) is 0 Å². The Morgan fingerprint density at radius 2 is 2.27 bits per heavy atom. The van der Waals surface area contributed by atoms with E-state index in [1.54, 1.807) is 0 Å². The molecule has 3 nitrogen and oxygen atoms in total. The maximum absolute atomic E-state index is 11.6. The zero-order valence-electron chi connectivity index (χ0n) is 9.36. The lowest BCUT2D eigenvalue weighted by atomic mass is 10.1. The molecule has 15 heavy (non-hydrogen) atoms. The normalized spacial score (nSPS) is 21.5. The largest absolute Gasteiger partial charge is 0.212 e. The van der Waals surface area contributed by atoms with Gasteiger partial charge in [-0.15, -0.1) is 0 Å². The van der Waals surface area contributed by atoms with Crippen molar-refractivity contribution in [1.82, 2.24) is 4.72 Å². The molecule has 0 radical (unpaired) electrons. The second-order valence-corrected chi connectivity index (χ2v) is 5.81. The molecule has 0 aliphatic heterocycles. The summed E-state index contributed by atoms with van der Waals surface area (Å²) in [5.74, 6) is 0.233. The van der Waals surface area contributed by atoms with Crippen molar-refractivity contribution in [2.45, 2.75) is 39.2 Å². The fourth-order valence-electron chi connectivity index (χ4n) is 1.44. The fourth-order valence-corrected chi connectivity index (χ4v) is 2.86. The molecule has 1 unspecified atom stereocenters. The Morgan fingerprint density at radius 3 is 2.80 bits per heavy atom. The van der Waals surface area contributed by atoms with E-state index in [1.165, 1.54) is 5.57 Å². The Balaban J connectivity index is 2.46. The van der Waals surface area contributed by atoms with Crippen LogP contribution in [-0.4, -0.2) is 20.2 Å². The van der Waals surface area contributed by atoms with Crippen LogP contribution in [0.25, 0.3) is 0 Å². The minimum Gasteiger partial charge on any atom is -0.212 e. The number of hydrogen-bond acceptors (Lipinski definition) is 2. The van der Waals surface area contributed by atoms with Crippen LogP contribution < -0.4 is 4.72 Å². The van der Waals surface area contributed by atoms with Crippen molar-refractivity contribution in [3.63, 3.8) is 0 Å². The summed E-state index contributed by atoms with van der Waals surface area (Å²) >= 11 is 0. The lowest BCUT2D eigenvalue weighted by molar-refractivity contribution is 0.567. The fraction of sp³-hybridized carbons (Fsp3) is 0.636. The molecule has 86 valence electrons. The number of allylic oxidation sites excluding steroid dienone is 2. The lowest BCUT2D eigenvalue weighted by Gasteiger charge is -2.16. The van der Waals surface area contributed by atoms with Gasteiger partial charge in [-0.2, -0.15) is 0 Å². The van der Waals surface area contributed by atoms with E-state index < -0.39 is 10.0 Å². The first-order valence-electron chi connectivity index (χ1n) is 5.38. The Labute approximate surface area is 92.3 Å². The van der Waals surface area contributed by atoms with Gasteiger partial charge in [0, 0.05) is 6.04 Å². The van der Waals surface area contributed by atoms with Gasteiger partial charge in [-0.3, -0.25) is 0 Å². The van der Waals surface area contributed by atoms with E-state index in [2.05, 4.69) is 4.72 Å². The van der Waals surface area contributed by atoms with E-state index in [1.807, 2.05) is 32.1 Å². The van der Waals surface area contributed by atoms with Crippen LogP contribution in [0.5, 0.6) is 0 Å². The van der Waals surface area contributed by atoms with Gasteiger partial charge < -0.3 is 0 Å². The van der Waals surface area contributed by atoms with Crippen molar-refractivity contribution in [2.24, 2.45) is 0 Å². The van der Waals surface area contributed by atoms with Crippen LogP contribution in [0.15, 0.2) is 23.8 Å². The average Bonchev–Trinajstić information content (AvgIpc) is 2.18. The molecule has 0 bridgehead atoms. The maximum atomic E-state index is 11.6. The first kappa shape index (κ1) is 12.5. The highest BCUT2D eigenvalue weighted by Gasteiger charge is 2.15. The Hall–Kier alpha value is -0.610. The van der Waals surface area contributed by atoms with Gasteiger partial charge in [0.25, 0.3) is 0 Å². The van der Waals surface area contributed by atoms with E-state index in [9.17, 15) is 8.42 Å². The molecule has 0 fully saturated rings. The molecular formula is C11H19NO2S. The van der Waals surface area contributed by atoms with E-state index in [-0.39, 0.29) is 11.8 Å². The highest BCUT2D eigenvalue weighted by atomic mass is 32.2. The summed E-state index contributed by atoms with van der Waals surface area (Å²) < 4.78 is 25.8. The Kier molecular flexibility index (Phi) is 4.54. The molecule has 0 heterocycles. The molecule has 1 aliphatic rings. The summed E-state index contributed by atoms with van der Waals surface area (Å²) in [5.41, 5.74) is 1.19. The van der Waals surface area contributed by atoms with Gasteiger partial charge in [-0.25, -0.2) is 13.1 Å². The van der Waals surface area contributed by atoms with Crippen molar-refractivity contribution in [3.8, 4) is 0 Å². The number of hydrogen-bond donors (Lipinski definition) is 1. The van der Waals surface area contributed by atoms with Gasteiger partial charge in [0.2, 0.25) is 10.0 Å². The minimum absolute atomic E-state index is 0.0597. The summed E-state index contributed by atoms with van der Waals surface area (Å²) in [6, 6.07) is -0.0597. The van der Waals surface area contributed by atoms with Gasteiger partial charge >= 0.3 is 0 Å². The molecule has 1 atom stereocenters. The zero-order valence-corrected chi connectivity index (χ0v) is 10.2. The summed E-state index contributed by atoms with van der Waals surface area (Å²) in [5, 5.41) is 0. The molecule has 1 N–H and O–H groups in total. The molecule has 1 rings (SSSR count). The molecule has 0 saturated heterocycles. The summed E-state index contributed by atoms with van der Waals surface area (Å²) in [6.07, 6.45) is 8.30. The van der Waals surface area contributed by atoms with Crippen molar-refractivity contribution < 1.29 is 8.42 Å².